The van der Waals surface area contributed by atoms with E-state index < -0.39 is 0 Å². The van der Waals surface area contributed by atoms with E-state index in [9.17, 15) is 0 Å². The molecule has 57 valence electrons. The van der Waals surface area contributed by atoms with Crippen LogP contribution in [0.4, 0.5) is 0 Å². The SMILES string of the molecule is [Ir].[c-]1cccc2ccccc12. The summed E-state index contributed by atoms with van der Waals surface area (Å²) in [6.45, 7) is 0. The van der Waals surface area contributed by atoms with E-state index in [4.69, 9.17) is 0 Å². The Labute approximate surface area is 79.6 Å². The Hall–Kier alpha value is -0.651. The molecule has 0 aliphatic rings. The molecule has 0 aromatic heterocycles. The summed E-state index contributed by atoms with van der Waals surface area (Å²) in [4.78, 5) is 0. The summed E-state index contributed by atoms with van der Waals surface area (Å²) < 4.78 is 0. The summed E-state index contributed by atoms with van der Waals surface area (Å²) >= 11 is 0. The van der Waals surface area contributed by atoms with Crippen LogP contribution in [0.5, 0.6) is 0 Å². The van der Waals surface area contributed by atoms with E-state index in [1.807, 2.05) is 24.3 Å². The van der Waals surface area contributed by atoms with Crippen molar-refractivity contribution in [3.63, 3.8) is 0 Å². The first kappa shape index (κ1) is 8.45. The van der Waals surface area contributed by atoms with Crippen molar-refractivity contribution in [1.29, 1.82) is 0 Å². The van der Waals surface area contributed by atoms with Crippen LogP contribution in [0.15, 0.2) is 42.5 Å². The molecule has 0 fully saturated rings. The molecule has 0 N–H and O–H groups in total. The van der Waals surface area contributed by atoms with Gasteiger partial charge in [-0.25, -0.2) is 0 Å². The second kappa shape index (κ2) is 3.66. The molecule has 0 unspecified atom stereocenters. The molecule has 11 heavy (non-hydrogen) atoms. The van der Waals surface area contributed by atoms with Gasteiger partial charge in [-0.1, -0.05) is 12.1 Å². The summed E-state index contributed by atoms with van der Waals surface area (Å²) in [5.41, 5.74) is 0. The molecule has 2 aromatic carbocycles. The Morgan fingerprint density at radius 1 is 0.909 bits per heavy atom. The summed E-state index contributed by atoms with van der Waals surface area (Å²) in [5.74, 6) is 0. The zero-order chi connectivity index (χ0) is 6.81. The maximum absolute atomic E-state index is 3.15. The standard InChI is InChI=1S/C10H7.Ir/c1-2-6-10-8-4-3-7-9(10)5-1;/h1-7H;/q-1;. The molecular weight excluding hydrogens is 312 g/mol. The van der Waals surface area contributed by atoms with Crippen molar-refractivity contribution in [3.8, 4) is 0 Å². The van der Waals surface area contributed by atoms with Crippen molar-refractivity contribution < 1.29 is 20.1 Å². The Bertz CT molecular complexity index is 276. The molecule has 0 amide bonds. The molecule has 1 radical (unpaired) electrons. The quantitative estimate of drug-likeness (QED) is 0.655. The Kier molecular flexibility index (Phi) is 2.81. The fourth-order valence-electron chi connectivity index (χ4n) is 1.06. The first-order valence-corrected chi connectivity index (χ1v) is 3.32. The van der Waals surface area contributed by atoms with Crippen LogP contribution in [-0.2, 0) is 20.1 Å². The molecule has 0 nitrogen and oxygen atoms in total. The van der Waals surface area contributed by atoms with E-state index in [1.165, 1.54) is 10.8 Å². The van der Waals surface area contributed by atoms with E-state index in [0.29, 0.717) is 0 Å². The fraction of sp³-hybridized carbons (Fsp3) is 0. The Balaban J connectivity index is 0.000000605. The molecule has 0 heterocycles. The molecule has 0 saturated heterocycles. The Morgan fingerprint density at radius 2 is 1.64 bits per heavy atom. The van der Waals surface area contributed by atoms with Crippen molar-refractivity contribution in [2.75, 3.05) is 0 Å². The van der Waals surface area contributed by atoms with E-state index in [-0.39, 0.29) is 20.1 Å². The van der Waals surface area contributed by atoms with Crippen LogP contribution in [-0.4, -0.2) is 0 Å². The molecular formula is C10H7Ir-. The molecule has 0 spiro atoms. The average Bonchev–Trinajstić information content (AvgIpc) is 2.05. The van der Waals surface area contributed by atoms with Gasteiger partial charge in [0.05, 0.1) is 0 Å². The molecule has 0 aliphatic heterocycles. The van der Waals surface area contributed by atoms with Crippen molar-refractivity contribution in [2.45, 2.75) is 0 Å². The smallest absolute Gasteiger partial charge is 0 e. The molecule has 2 rings (SSSR count). The van der Waals surface area contributed by atoms with Crippen LogP contribution in [0, 0.1) is 6.07 Å². The maximum atomic E-state index is 3.15. The normalized spacial score (nSPS) is 9.09. The second-order valence-electron chi connectivity index (χ2n) is 2.26. The van der Waals surface area contributed by atoms with Gasteiger partial charge in [0.25, 0.3) is 0 Å². The molecule has 0 bridgehead atoms. The zero-order valence-electron chi connectivity index (χ0n) is 5.87. The summed E-state index contributed by atoms with van der Waals surface area (Å²) in [5, 5.41) is 2.44. The molecule has 0 saturated carbocycles. The minimum atomic E-state index is 0. The largest absolute Gasteiger partial charge is 0.147 e. The monoisotopic (exact) mass is 320 g/mol. The third-order valence-electron chi connectivity index (χ3n) is 1.57. The van der Waals surface area contributed by atoms with Crippen LogP contribution in [0.1, 0.15) is 0 Å². The minimum absolute atomic E-state index is 0. The molecule has 0 aliphatic carbocycles. The van der Waals surface area contributed by atoms with Crippen LogP contribution in [0.25, 0.3) is 10.8 Å². The van der Waals surface area contributed by atoms with Crippen LogP contribution < -0.4 is 0 Å². The van der Waals surface area contributed by atoms with Crippen LogP contribution in [0.2, 0.25) is 0 Å². The number of benzene rings is 2. The van der Waals surface area contributed by atoms with Gasteiger partial charge in [-0.05, 0) is 0 Å². The summed E-state index contributed by atoms with van der Waals surface area (Å²) in [6.07, 6.45) is 0. The topological polar surface area (TPSA) is 0 Å². The second-order valence-corrected chi connectivity index (χ2v) is 2.26. The van der Waals surface area contributed by atoms with Crippen molar-refractivity contribution >= 4 is 10.8 Å². The van der Waals surface area contributed by atoms with E-state index in [0.717, 1.165) is 0 Å². The van der Waals surface area contributed by atoms with Gasteiger partial charge in [0.1, 0.15) is 0 Å². The number of rotatable bonds is 0. The maximum Gasteiger partial charge on any atom is 0 e. The minimum Gasteiger partial charge on any atom is -0.147 e. The predicted molar refractivity (Wildman–Crippen MR) is 42.8 cm³/mol. The zero-order valence-corrected chi connectivity index (χ0v) is 8.27. The number of hydrogen-bond acceptors (Lipinski definition) is 0. The van der Waals surface area contributed by atoms with Gasteiger partial charge in [-0.3, -0.25) is 0 Å². The molecule has 1 heteroatoms. The number of hydrogen-bond donors (Lipinski definition) is 0. The van der Waals surface area contributed by atoms with Crippen LogP contribution >= 0.6 is 0 Å². The van der Waals surface area contributed by atoms with E-state index in [1.54, 1.807) is 0 Å². The van der Waals surface area contributed by atoms with Gasteiger partial charge in [-0.15, -0.1) is 47.2 Å². The van der Waals surface area contributed by atoms with Gasteiger partial charge in [0, 0.05) is 20.1 Å². The van der Waals surface area contributed by atoms with Crippen LogP contribution in [0.3, 0.4) is 0 Å². The van der Waals surface area contributed by atoms with Gasteiger partial charge in [0.15, 0.2) is 0 Å². The van der Waals surface area contributed by atoms with E-state index in [2.05, 4.69) is 24.3 Å². The molecule has 0 atom stereocenters. The summed E-state index contributed by atoms with van der Waals surface area (Å²) in [7, 11) is 0. The fourth-order valence-corrected chi connectivity index (χ4v) is 1.06. The Morgan fingerprint density at radius 3 is 2.45 bits per heavy atom. The molecule has 2 aromatic rings. The van der Waals surface area contributed by atoms with E-state index >= 15 is 0 Å². The third-order valence-corrected chi connectivity index (χ3v) is 1.57. The number of fused-ring (bicyclic) bond motifs is 1. The first-order chi connectivity index (χ1) is 4.97. The first-order valence-electron chi connectivity index (χ1n) is 3.32. The predicted octanol–water partition coefficient (Wildman–Crippen LogP) is 2.64. The van der Waals surface area contributed by atoms with Crippen molar-refractivity contribution in [1.82, 2.24) is 0 Å². The van der Waals surface area contributed by atoms with Crippen molar-refractivity contribution in [3.05, 3.63) is 48.5 Å². The van der Waals surface area contributed by atoms with Gasteiger partial charge < -0.3 is 0 Å². The van der Waals surface area contributed by atoms with Crippen molar-refractivity contribution in [2.24, 2.45) is 0 Å². The van der Waals surface area contributed by atoms with Gasteiger partial charge >= 0.3 is 0 Å². The average molecular weight is 319 g/mol. The third kappa shape index (κ3) is 1.68. The summed E-state index contributed by atoms with van der Waals surface area (Å²) in [6, 6.07) is 17.4. The van der Waals surface area contributed by atoms with Gasteiger partial charge in [-0.2, -0.15) is 0 Å². The van der Waals surface area contributed by atoms with Gasteiger partial charge in [0.2, 0.25) is 0 Å².